The van der Waals surface area contributed by atoms with E-state index in [4.69, 9.17) is 27.4 Å². The van der Waals surface area contributed by atoms with E-state index in [0.717, 1.165) is 11.1 Å². The molecule has 2 aromatic heterocycles. The van der Waals surface area contributed by atoms with Crippen molar-refractivity contribution in [1.29, 1.82) is 0 Å². The predicted molar refractivity (Wildman–Crippen MR) is 123 cm³/mol. The number of nitrogens with zero attached hydrogens (tertiary/aromatic N) is 4. The molecule has 0 aliphatic rings. The summed E-state index contributed by atoms with van der Waals surface area (Å²) in [6, 6.07) is 11.0. The molecule has 2 heterocycles. The number of halogens is 1. The van der Waals surface area contributed by atoms with Gasteiger partial charge < -0.3 is 21.3 Å². The van der Waals surface area contributed by atoms with Gasteiger partial charge in [0.15, 0.2) is 0 Å². The molecule has 9 heteroatoms. The Balaban J connectivity index is 1.98. The van der Waals surface area contributed by atoms with Crippen LogP contribution in [0.3, 0.4) is 0 Å². The SMILES string of the molecule is Cc1ccc(Cl)cc1N(c1nccc(-c2ccnc(NCCCO)c2)n1)C(O)CCN. The van der Waals surface area contributed by atoms with Crippen LogP contribution >= 0.6 is 11.6 Å². The van der Waals surface area contributed by atoms with Crippen LogP contribution in [-0.4, -0.2) is 51.1 Å². The molecule has 1 aromatic carbocycles. The Morgan fingerprint density at radius 1 is 1.16 bits per heavy atom. The van der Waals surface area contributed by atoms with Crippen LogP contribution in [0.25, 0.3) is 11.3 Å². The first-order valence-corrected chi connectivity index (χ1v) is 10.5. The van der Waals surface area contributed by atoms with Crippen LogP contribution in [0.1, 0.15) is 18.4 Å². The largest absolute Gasteiger partial charge is 0.396 e. The van der Waals surface area contributed by atoms with Gasteiger partial charge in [-0.3, -0.25) is 4.90 Å². The molecule has 0 aliphatic carbocycles. The van der Waals surface area contributed by atoms with Gasteiger partial charge in [-0.25, -0.2) is 15.0 Å². The van der Waals surface area contributed by atoms with Crippen molar-refractivity contribution in [1.82, 2.24) is 15.0 Å². The second-order valence-corrected chi connectivity index (χ2v) is 7.47. The molecular weight excluding hydrogens is 416 g/mol. The summed E-state index contributed by atoms with van der Waals surface area (Å²) in [5, 5.41) is 23.5. The highest BCUT2D eigenvalue weighted by atomic mass is 35.5. The first-order chi connectivity index (χ1) is 15.0. The van der Waals surface area contributed by atoms with E-state index < -0.39 is 6.23 Å². The van der Waals surface area contributed by atoms with Crippen molar-refractivity contribution >= 4 is 29.1 Å². The fourth-order valence-corrected chi connectivity index (χ4v) is 3.30. The first-order valence-electron chi connectivity index (χ1n) is 10.1. The van der Waals surface area contributed by atoms with Crippen molar-refractivity contribution in [2.75, 3.05) is 29.9 Å². The number of aliphatic hydroxyl groups is 2. The van der Waals surface area contributed by atoms with E-state index in [1.165, 1.54) is 0 Å². The molecule has 8 nitrogen and oxygen atoms in total. The molecule has 0 amide bonds. The van der Waals surface area contributed by atoms with Crippen LogP contribution < -0.4 is 16.0 Å². The minimum absolute atomic E-state index is 0.117. The lowest BCUT2D eigenvalue weighted by Gasteiger charge is -2.29. The number of nitrogens with one attached hydrogen (secondary N) is 1. The van der Waals surface area contributed by atoms with Crippen LogP contribution in [0.2, 0.25) is 5.02 Å². The third-order valence-electron chi connectivity index (χ3n) is 4.71. The monoisotopic (exact) mass is 442 g/mol. The molecular formula is C22H27ClN6O2. The lowest BCUT2D eigenvalue weighted by molar-refractivity contribution is 0.172. The van der Waals surface area contributed by atoms with Crippen molar-refractivity contribution in [2.24, 2.45) is 5.73 Å². The molecule has 0 aliphatic heterocycles. The minimum atomic E-state index is -0.912. The fourth-order valence-electron chi connectivity index (χ4n) is 3.13. The highest BCUT2D eigenvalue weighted by molar-refractivity contribution is 6.30. The smallest absolute Gasteiger partial charge is 0.232 e. The molecule has 0 spiro atoms. The number of rotatable bonds is 10. The van der Waals surface area contributed by atoms with Gasteiger partial charge >= 0.3 is 0 Å². The maximum absolute atomic E-state index is 10.8. The second kappa shape index (κ2) is 11.0. The maximum Gasteiger partial charge on any atom is 0.232 e. The molecule has 5 N–H and O–H groups in total. The minimum Gasteiger partial charge on any atom is -0.396 e. The standard InChI is InChI=1S/C22H27ClN6O2/c1-15-3-4-17(23)14-19(15)29(21(31)5-8-24)22-27-11-7-18(28-22)16-6-10-26-20(13-16)25-9-2-12-30/h3-4,6-7,10-11,13-14,21,30-31H,2,5,8-9,12,24H2,1H3,(H,25,26). The predicted octanol–water partition coefficient (Wildman–Crippen LogP) is 3.10. The van der Waals surface area contributed by atoms with Crippen LogP contribution in [0.4, 0.5) is 17.5 Å². The van der Waals surface area contributed by atoms with Gasteiger partial charge in [-0.05, 0) is 55.8 Å². The number of aryl methyl sites for hydroxylation is 1. The summed E-state index contributed by atoms with van der Waals surface area (Å²) in [5.74, 6) is 1.03. The molecule has 31 heavy (non-hydrogen) atoms. The van der Waals surface area contributed by atoms with Gasteiger partial charge in [-0.15, -0.1) is 0 Å². The normalized spacial score (nSPS) is 11.9. The molecule has 1 atom stereocenters. The van der Waals surface area contributed by atoms with Crippen molar-refractivity contribution in [3.8, 4) is 11.3 Å². The number of hydrogen-bond donors (Lipinski definition) is 4. The molecule has 0 bridgehead atoms. The Morgan fingerprint density at radius 3 is 2.74 bits per heavy atom. The number of pyridine rings is 1. The number of hydrogen-bond acceptors (Lipinski definition) is 8. The summed E-state index contributed by atoms with van der Waals surface area (Å²) in [5.41, 5.74) is 8.87. The Kier molecular flexibility index (Phi) is 8.13. The zero-order chi connectivity index (χ0) is 22.2. The molecule has 1 unspecified atom stereocenters. The Morgan fingerprint density at radius 2 is 1.97 bits per heavy atom. The summed E-state index contributed by atoms with van der Waals surface area (Å²) in [6.45, 7) is 2.98. The van der Waals surface area contributed by atoms with Crippen LogP contribution in [0, 0.1) is 6.92 Å². The van der Waals surface area contributed by atoms with E-state index in [1.807, 2.05) is 25.1 Å². The lowest BCUT2D eigenvalue weighted by Crippen LogP contribution is -2.34. The van der Waals surface area contributed by atoms with E-state index in [-0.39, 0.29) is 6.61 Å². The number of benzene rings is 1. The van der Waals surface area contributed by atoms with Gasteiger partial charge in [0.25, 0.3) is 0 Å². The Bertz CT molecular complexity index is 1000. The van der Waals surface area contributed by atoms with E-state index in [9.17, 15) is 5.11 Å². The fraction of sp³-hybridized carbons (Fsp3) is 0.318. The first kappa shape index (κ1) is 22.9. The van der Waals surface area contributed by atoms with Gasteiger partial charge in [-0.2, -0.15) is 0 Å². The third kappa shape index (κ3) is 5.89. The quantitative estimate of drug-likeness (QED) is 0.279. The average Bonchev–Trinajstić information content (AvgIpc) is 2.77. The highest BCUT2D eigenvalue weighted by Crippen LogP contribution is 2.32. The number of aliphatic hydroxyl groups excluding tert-OH is 2. The number of nitrogens with two attached hydrogens (primary N) is 1. The molecule has 3 rings (SSSR count). The summed E-state index contributed by atoms with van der Waals surface area (Å²) < 4.78 is 0. The van der Waals surface area contributed by atoms with E-state index in [0.29, 0.717) is 54.1 Å². The third-order valence-corrected chi connectivity index (χ3v) is 4.94. The van der Waals surface area contributed by atoms with Gasteiger partial charge in [0.1, 0.15) is 12.0 Å². The van der Waals surface area contributed by atoms with E-state index >= 15 is 0 Å². The number of aromatic nitrogens is 3. The Hall–Kier alpha value is -2.78. The van der Waals surface area contributed by atoms with E-state index in [2.05, 4.69) is 15.3 Å². The maximum atomic E-state index is 10.8. The summed E-state index contributed by atoms with van der Waals surface area (Å²) in [6.07, 6.45) is 3.41. The molecule has 0 saturated heterocycles. The summed E-state index contributed by atoms with van der Waals surface area (Å²) >= 11 is 6.22. The van der Waals surface area contributed by atoms with Crippen LogP contribution in [0.15, 0.2) is 48.8 Å². The Labute approximate surface area is 186 Å². The summed E-state index contributed by atoms with van der Waals surface area (Å²) in [4.78, 5) is 15.1. The van der Waals surface area contributed by atoms with Gasteiger partial charge in [-0.1, -0.05) is 17.7 Å². The lowest BCUT2D eigenvalue weighted by atomic mass is 10.1. The van der Waals surface area contributed by atoms with Gasteiger partial charge in [0.2, 0.25) is 5.95 Å². The van der Waals surface area contributed by atoms with Gasteiger partial charge in [0.05, 0.1) is 11.4 Å². The van der Waals surface area contributed by atoms with Crippen molar-refractivity contribution in [3.63, 3.8) is 0 Å². The zero-order valence-corrected chi connectivity index (χ0v) is 18.1. The van der Waals surface area contributed by atoms with Crippen LogP contribution in [0.5, 0.6) is 0 Å². The molecule has 0 fully saturated rings. The molecule has 164 valence electrons. The van der Waals surface area contributed by atoms with Gasteiger partial charge in [0, 0.05) is 42.6 Å². The molecule has 0 radical (unpaired) electrons. The van der Waals surface area contributed by atoms with Crippen LogP contribution in [-0.2, 0) is 0 Å². The van der Waals surface area contributed by atoms with E-state index in [1.54, 1.807) is 35.5 Å². The summed E-state index contributed by atoms with van der Waals surface area (Å²) in [7, 11) is 0. The zero-order valence-electron chi connectivity index (χ0n) is 17.4. The number of anilines is 3. The topological polar surface area (TPSA) is 120 Å². The molecule has 3 aromatic rings. The average molecular weight is 443 g/mol. The second-order valence-electron chi connectivity index (χ2n) is 7.03. The highest BCUT2D eigenvalue weighted by Gasteiger charge is 2.23. The van der Waals surface area contributed by atoms with Crippen molar-refractivity contribution in [3.05, 3.63) is 59.4 Å². The molecule has 0 saturated carbocycles. The van der Waals surface area contributed by atoms with Crippen molar-refractivity contribution in [2.45, 2.75) is 26.0 Å². The van der Waals surface area contributed by atoms with Crippen molar-refractivity contribution < 1.29 is 10.2 Å².